The van der Waals surface area contributed by atoms with Gasteiger partial charge in [-0.1, -0.05) is 41.6 Å². The third-order valence-electron chi connectivity index (χ3n) is 3.41. The maximum absolute atomic E-state index is 6.22. The molecule has 4 rings (SSSR count). The average Bonchev–Trinajstić information content (AvgIpc) is 3.23. The molecule has 1 aliphatic heterocycles. The van der Waals surface area contributed by atoms with Crippen molar-refractivity contribution in [1.82, 2.24) is 14.8 Å². The number of aromatic nitrogens is 3. The Balaban J connectivity index is 1.55. The molecule has 2 heterocycles. The van der Waals surface area contributed by atoms with E-state index in [9.17, 15) is 0 Å². The number of para-hydroxylation sites is 1. The van der Waals surface area contributed by atoms with Crippen molar-refractivity contribution in [2.45, 2.75) is 10.9 Å². The van der Waals surface area contributed by atoms with Crippen molar-refractivity contribution in [3.8, 4) is 17.2 Å². The molecule has 23 heavy (non-hydrogen) atoms. The molecular weight excluding hydrogens is 334 g/mol. The van der Waals surface area contributed by atoms with Gasteiger partial charge in [0.1, 0.15) is 6.33 Å². The predicted octanol–water partition coefficient (Wildman–Crippen LogP) is 3.94. The van der Waals surface area contributed by atoms with E-state index in [1.54, 1.807) is 18.1 Å². The zero-order valence-corrected chi connectivity index (χ0v) is 13.5. The highest BCUT2D eigenvalue weighted by Gasteiger charge is 2.18. The average molecular weight is 346 g/mol. The number of thioether (sulfide) groups is 1. The van der Waals surface area contributed by atoms with Gasteiger partial charge in [-0.3, -0.25) is 4.57 Å². The second-order valence-corrected chi connectivity index (χ2v) is 6.27. The first-order valence-electron chi connectivity index (χ1n) is 6.97. The number of hydrogen-bond donors (Lipinski definition) is 0. The molecule has 0 N–H and O–H groups in total. The summed E-state index contributed by atoms with van der Waals surface area (Å²) in [6.07, 6.45) is 1.71. The Morgan fingerprint density at radius 2 is 2.04 bits per heavy atom. The van der Waals surface area contributed by atoms with Gasteiger partial charge >= 0.3 is 0 Å². The third-order valence-corrected chi connectivity index (χ3v) is 4.70. The van der Waals surface area contributed by atoms with Gasteiger partial charge in [0, 0.05) is 11.4 Å². The van der Waals surface area contributed by atoms with E-state index in [4.69, 9.17) is 21.1 Å². The predicted molar refractivity (Wildman–Crippen MR) is 88.5 cm³/mol. The van der Waals surface area contributed by atoms with Crippen LogP contribution in [0.4, 0.5) is 0 Å². The lowest BCUT2D eigenvalue weighted by molar-refractivity contribution is 0.174. The molecule has 0 saturated heterocycles. The molecule has 3 aromatic rings. The fraction of sp³-hybridized carbons (Fsp3) is 0.125. The van der Waals surface area contributed by atoms with E-state index >= 15 is 0 Å². The van der Waals surface area contributed by atoms with E-state index in [0.29, 0.717) is 22.3 Å². The van der Waals surface area contributed by atoms with Crippen LogP contribution in [0.2, 0.25) is 5.02 Å². The molecule has 0 radical (unpaired) electrons. The quantitative estimate of drug-likeness (QED) is 0.670. The summed E-state index contributed by atoms with van der Waals surface area (Å²) in [5, 5.41) is 9.59. The van der Waals surface area contributed by atoms with Crippen molar-refractivity contribution in [2.75, 3.05) is 6.79 Å². The number of rotatable bonds is 4. The Morgan fingerprint density at radius 3 is 2.91 bits per heavy atom. The molecule has 0 fully saturated rings. The number of fused-ring (bicyclic) bond motifs is 1. The van der Waals surface area contributed by atoms with Crippen LogP contribution in [0, 0.1) is 0 Å². The molecule has 1 aliphatic rings. The standard InChI is InChI=1S/C16H12ClN3O2S/c17-13-6-11(7-14-15(13)22-10-21-14)8-23-16-19-18-9-20(16)12-4-2-1-3-5-12/h1-7,9H,8,10H2. The number of halogens is 1. The van der Waals surface area contributed by atoms with Gasteiger partial charge in [-0.25, -0.2) is 0 Å². The lowest BCUT2D eigenvalue weighted by atomic mass is 10.2. The Hall–Kier alpha value is -2.18. The molecule has 0 unspecified atom stereocenters. The highest BCUT2D eigenvalue weighted by molar-refractivity contribution is 7.98. The van der Waals surface area contributed by atoms with Crippen LogP contribution >= 0.6 is 23.4 Å². The van der Waals surface area contributed by atoms with Crippen molar-refractivity contribution in [3.05, 3.63) is 59.4 Å². The Kier molecular flexibility index (Phi) is 3.85. The summed E-state index contributed by atoms with van der Waals surface area (Å²) < 4.78 is 12.7. The number of benzene rings is 2. The van der Waals surface area contributed by atoms with Gasteiger partial charge in [0.25, 0.3) is 0 Å². The summed E-state index contributed by atoms with van der Waals surface area (Å²) in [6, 6.07) is 13.8. The monoisotopic (exact) mass is 345 g/mol. The van der Waals surface area contributed by atoms with E-state index in [1.807, 2.05) is 47.0 Å². The highest BCUT2D eigenvalue weighted by atomic mass is 35.5. The molecule has 2 aromatic carbocycles. The van der Waals surface area contributed by atoms with Gasteiger partial charge < -0.3 is 9.47 Å². The first-order chi connectivity index (χ1) is 11.3. The molecule has 0 atom stereocenters. The molecule has 116 valence electrons. The van der Waals surface area contributed by atoms with Crippen LogP contribution in [0.25, 0.3) is 5.69 Å². The summed E-state index contributed by atoms with van der Waals surface area (Å²) >= 11 is 7.81. The largest absolute Gasteiger partial charge is 0.454 e. The van der Waals surface area contributed by atoms with Crippen molar-refractivity contribution in [1.29, 1.82) is 0 Å². The van der Waals surface area contributed by atoms with Crippen LogP contribution < -0.4 is 9.47 Å². The van der Waals surface area contributed by atoms with Crippen LogP contribution in [0.5, 0.6) is 11.5 Å². The fourth-order valence-electron chi connectivity index (χ4n) is 2.34. The van der Waals surface area contributed by atoms with Crippen LogP contribution in [0.3, 0.4) is 0 Å². The van der Waals surface area contributed by atoms with E-state index in [2.05, 4.69) is 10.2 Å². The Morgan fingerprint density at radius 1 is 1.17 bits per heavy atom. The minimum absolute atomic E-state index is 0.216. The minimum atomic E-state index is 0.216. The fourth-order valence-corrected chi connectivity index (χ4v) is 3.49. The van der Waals surface area contributed by atoms with Crippen molar-refractivity contribution >= 4 is 23.4 Å². The van der Waals surface area contributed by atoms with E-state index < -0.39 is 0 Å². The molecule has 5 nitrogen and oxygen atoms in total. The Bertz CT molecular complexity index is 839. The smallest absolute Gasteiger partial charge is 0.231 e. The minimum Gasteiger partial charge on any atom is -0.454 e. The van der Waals surface area contributed by atoms with Crippen molar-refractivity contribution in [3.63, 3.8) is 0 Å². The third kappa shape index (κ3) is 2.87. The summed E-state index contributed by atoms with van der Waals surface area (Å²) in [5.74, 6) is 2.02. The molecule has 0 bridgehead atoms. The second-order valence-electron chi connectivity index (χ2n) is 4.92. The zero-order chi connectivity index (χ0) is 15.6. The number of nitrogens with zero attached hydrogens (tertiary/aromatic N) is 3. The van der Waals surface area contributed by atoms with Gasteiger partial charge in [-0.15, -0.1) is 10.2 Å². The topological polar surface area (TPSA) is 49.2 Å². The molecule has 1 aromatic heterocycles. The molecule has 0 aliphatic carbocycles. The second kappa shape index (κ2) is 6.14. The van der Waals surface area contributed by atoms with Crippen LogP contribution in [-0.4, -0.2) is 21.6 Å². The van der Waals surface area contributed by atoms with Gasteiger partial charge in [0.15, 0.2) is 16.7 Å². The van der Waals surface area contributed by atoms with Gasteiger partial charge in [-0.2, -0.15) is 0 Å². The molecule has 0 saturated carbocycles. The highest BCUT2D eigenvalue weighted by Crippen LogP contribution is 2.40. The van der Waals surface area contributed by atoms with Crippen LogP contribution in [-0.2, 0) is 5.75 Å². The molecule has 7 heteroatoms. The zero-order valence-electron chi connectivity index (χ0n) is 12.0. The normalized spacial score (nSPS) is 12.6. The number of hydrogen-bond acceptors (Lipinski definition) is 5. The first kappa shape index (κ1) is 14.4. The summed E-state index contributed by atoms with van der Waals surface area (Å²) in [5.41, 5.74) is 2.08. The molecular formula is C16H12ClN3O2S. The van der Waals surface area contributed by atoms with Gasteiger partial charge in [-0.05, 0) is 29.8 Å². The van der Waals surface area contributed by atoms with Crippen LogP contribution in [0.1, 0.15) is 5.56 Å². The molecule has 0 amide bonds. The molecule has 0 spiro atoms. The maximum Gasteiger partial charge on any atom is 0.231 e. The number of ether oxygens (including phenoxy) is 2. The first-order valence-corrected chi connectivity index (χ1v) is 8.34. The van der Waals surface area contributed by atoms with Gasteiger partial charge in [0.2, 0.25) is 6.79 Å². The van der Waals surface area contributed by atoms with Crippen molar-refractivity contribution in [2.24, 2.45) is 0 Å². The van der Waals surface area contributed by atoms with Crippen LogP contribution in [0.15, 0.2) is 53.9 Å². The van der Waals surface area contributed by atoms with Crippen molar-refractivity contribution < 1.29 is 9.47 Å². The van der Waals surface area contributed by atoms with E-state index in [0.717, 1.165) is 16.4 Å². The summed E-state index contributed by atoms with van der Waals surface area (Å²) in [6.45, 7) is 0.216. The SMILES string of the molecule is Clc1cc(CSc2nncn2-c2ccccc2)cc2c1OCO2. The van der Waals surface area contributed by atoms with Gasteiger partial charge in [0.05, 0.1) is 5.02 Å². The lowest BCUT2D eigenvalue weighted by Crippen LogP contribution is -1.95. The summed E-state index contributed by atoms with van der Waals surface area (Å²) in [7, 11) is 0. The Labute approximate surface area is 142 Å². The van der Waals surface area contributed by atoms with E-state index in [1.165, 1.54) is 0 Å². The van der Waals surface area contributed by atoms with E-state index in [-0.39, 0.29) is 6.79 Å². The maximum atomic E-state index is 6.22. The summed E-state index contributed by atoms with van der Waals surface area (Å²) in [4.78, 5) is 0. The lowest BCUT2D eigenvalue weighted by Gasteiger charge is -2.07.